The molecule has 0 aliphatic heterocycles. The van der Waals surface area contributed by atoms with Gasteiger partial charge in [-0.25, -0.2) is 0 Å². The predicted molar refractivity (Wildman–Crippen MR) is 95.9 cm³/mol. The van der Waals surface area contributed by atoms with E-state index in [-0.39, 0.29) is 18.3 Å². The molecular formula is C20H32O4. The fraction of sp³-hybridized carbons (Fsp3) is 0.700. The monoisotopic (exact) mass is 336 g/mol. The molecule has 4 nitrogen and oxygen atoms in total. The van der Waals surface area contributed by atoms with Gasteiger partial charge >= 0.3 is 11.9 Å². The first-order chi connectivity index (χ1) is 11.6. The molecule has 1 saturated carbocycles. The Bertz CT molecular complexity index is 439. The van der Waals surface area contributed by atoms with Crippen molar-refractivity contribution in [2.24, 2.45) is 17.8 Å². The molecule has 0 aromatic heterocycles. The van der Waals surface area contributed by atoms with E-state index in [1.165, 1.54) is 0 Å². The minimum Gasteiger partial charge on any atom is -0.481 e. The number of allylic oxidation sites excluding steroid dienone is 4. The Balaban J connectivity index is 2.43. The SMILES string of the molecule is CCC=CCCC=C[C@H]1CCC(C(=O)O)[C@@H]1CCCCCC(=O)O. The van der Waals surface area contributed by atoms with E-state index in [4.69, 9.17) is 5.11 Å². The Hall–Kier alpha value is -1.58. The van der Waals surface area contributed by atoms with Crippen LogP contribution in [-0.4, -0.2) is 22.2 Å². The number of carboxylic acids is 2. The summed E-state index contributed by atoms with van der Waals surface area (Å²) in [6.07, 6.45) is 17.2. The summed E-state index contributed by atoms with van der Waals surface area (Å²) in [5, 5.41) is 18.1. The van der Waals surface area contributed by atoms with Gasteiger partial charge in [0.2, 0.25) is 0 Å². The van der Waals surface area contributed by atoms with Crippen molar-refractivity contribution in [1.82, 2.24) is 0 Å². The average molecular weight is 336 g/mol. The van der Waals surface area contributed by atoms with Gasteiger partial charge in [-0.2, -0.15) is 0 Å². The maximum absolute atomic E-state index is 11.5. The summed E-state index contributed by atoms with van der Waals surface area (Å²) in [5.74, 6) is -1.10. The van der Waals surface area contributed by atoms with Gasteiger partial charge in [0.25, 0.3) is 0 Å². The van der Waals surface area contributed by atoms with Crippen LogP contribution in [0.3, 0.4) is 0 Å². The van der Waals surface area contributed by atoms with Crippen LogP contribution >= 0.6 is 0 Å². The van der Waals surface area contributed by atoms with Gasteiger partial charge in [-0.05, 0) is 56.8 Å². The van der Waals surface area contributed by atoms with E-state index in [0.717, 1.165) is 51.4 Å². The normalized spacial score (nSPS) is 24.1. The summed E-state index contributed by atoms with van der Waals surface area (Å²) in [6.45, 7) is 2.12. The molecule has 1 aliphatic carbocycles. The third-order valence-electron chi connectivity index (χ3n) is 4.91. The highest BCUT2D eigenvalue weighted by molar-refractivity contribution is 5.71. The Kier molecular flexibility index (Phi) is 10.1. The van der Waals surface area contributed by atoms with Gasteiger partial charge in [-0.3, -0.25) is 9.59 Å². The molecule has 1 rings (SSSR count). The summed E-state index contributed by atoms with van der Waals surface area (Å²) in [5.41, 5.74) is 0. The summed E-state index contributed by atoms with van der Waals surface area (Å²) < 4.78 is 0. The van der Waals surface area contributed by atoms with Crippen molar-refractivity contribution in [3.05, 3.63) is 24.3 Å². The van der Waals surface area contributed by atoms with Gasteiger partial charge in [0.15, 0.2) is 0 Å². The smallest absolute Gasteiger partial charge is 0.306 e. The van der Waals surface area contributed by atoms with Gasteiger partial charge in [-0.15, -0.1) is 0 Å². The van der Waals surface area contributed by atoms with E-state index in [1.54, 1.807) is 0 Å². The summed E-state index contributed by atoms with van der Waals surface area (Å²) in [7, 11) is 0. The second-order valence-electron chi connectivity index (χ2n) is 6.73. The average Bonchev–Trinajstić information content (AvgIpc) is 2.93. The van der Waals surface area contributed by atoms with Crippen LogP contribution in [0.15, 0.2) is 24.3 Å². The van der Waals surface area contributed by atoms with Gasteiger partial charge in [-0.1, -0.05) is 44.1 Å². The number of carboxylic acid groups (broad SMARTS) is 2. The first-order valence-electron chi connectivity index (χ1n) is 9.32. The van der Waals surface area contributed by atoms with Crippen molar-refractivity contribution < 1.29 is 19.8 Å². The van der Waals surface area contributed by atoms with Crippen molar-refractivity contribution in [2.45, 2.75) is 71.1 Å². The van der Waals surface area contributed by atoms with Crippen LogP contribution in [0.25, 0.3) is 0 Å². The van der Waals surface area contributed by atoms with Crippen LogP contribution in [0.2, 0.25) is 0 Å². The minimum absolute atomic E-state index is 0.203. The number of aliphatic carboxylic acids is 2. The van der Waals surface area contributed by atoms with Crippen molar-refractivity contribution >= 4 is 11.9 Å². The Morgan fingerprint density at radius 1 is 1.00 bits per heavy atom. The molecule has 136 valence electrons. The van der Waals surface area contributed by atoms with Gasteiger partial charge in [0, 0.05) is 6.42 Å². The molecular weight excluding hydrogens is 304 g/mol. The van der Waals surface area contributed by atoms with Crippen molar-refractivity contribution in [3.63, 3.8) is 0 Å². The number of hydrogen-bond donors (Lipinski definition) is 2. The van der Waals surface area contributed by atoms with Gasteiger partial charge in [0.1, 0.15) is 0 Å². The molecule has 0 spiro atoms. The molecule has 4 heteroatoms. The minimum atomic E-state index is -0.753. The summed E-state index contributed by atoms with van der Waals surface area (Å²) >= 11 is 0. The second kappa shape index (κ2) is 11.9. The van der Waals surface area contributed by atoms with E-state index in [0.29, 0.717) is 12.3 Å². The molecule has 1 unspecified atom stereocenters. The summed E-state index contributed by atoms with van der Waals surface area (Å²) in [4.78, 5) is 22.0. The van der Waals surface area contributed by atoms with E-state index in [2.05, 4.69) is 31.2 Å². The van der Waals surface area contributed by atoms with E-state index in [9.17, 15) is 14.7 Å². The molecule has 0 aromatic rings. The second-order valence-corrected chi connectivity index (χ2v) is 6.73. The summed E-state index contributed by atoms with van der Waals surface area (Å²) in [6, 6.07) is 0. The van der Waals surface area contributed by atoms with Crippen LogP contribution < -0.4 is 0 Å². The lowest BCUT2D eigenvalue weighted by Crippen LogP contribution is -2.21. The van der Waals surface area contributed by atoms with E-state index >= 15 is 0 Å². The predicted octanol–water partition coefficient (Wildman–Crippen LogP) is 5.05. The Morgan fingerprint density at radius 3 is 2.42 bits per heavy atom. The number of rotatable bonds is 12. The maximum atomic E-state index is 11.5. The quantitative estimate of drug-likeness (QED) is 0.386. The molecule has 0 bridgehead atoms. The number of hydrogen-bond acceptors (Lipinski definition) is 2. The number of carbonyl (C=O) groups is 2. The molecule has 24 heavy (non-hydrogen) atoms. The third kappa shape index (κ3) is 7.80. The van der Waals surface area contributed by atoms with Gasteiger partial charge < -0.3 is 10.2 Å². The fourth-order valence-corrected chi connectivity index (χ4v) is 3.64. The molecule has 0 heterocycles. The highest BCUT2D eigenvalue weighted by Gasteiger charge is 2.38. The maximum Gasteiger partial charge on any atom is 0.306 e. The van der Waals surface area contributed by atoms with Crippen molar-refractivity contribution in [1.29, 1.82) is 0 Å². The first-order valence-corrected chi connectivity index (χ1v) is 9.32. The van der Waals surface area contributed by atoms with Crippen LogP contribution in [0, 0.1) is 17.8 Å². The standard InChI is InChI=1S/C20H32O4/c1-2-3-4-5-6-8-11-16-14-15-18(20(23)24)17(16)12-9-7-10-13-19(21)22/h3-4,8,11,16-18H,2,5-7,9-10,12-15H2,1H3,(H,21,22)(H,23,24)/t16-,17+,18?/m0/s1. The Morgan fingerprint density at radius 2 is 1.75 bits per heavy atom. The van der Waals surface area contributed by atoms with Crippen LogP contribution in [0.1, 0.15) is 71.1 Å². The van der Waals surface area contributed by atoms with Crippen LogP contribution in [-0.2, 0) is 9.59 Å². The zero-order valence-corrected chi connectivity index (χ0v) is 14.8. The van der Waals surface area contributed by atoms with E-state index in [1.807, 2.05) is 0 Å². The molecule has 1 fully saturated rings. The molecule has 0 saturated heterocycles. The lowest BCUT2D eigenvalue weighted by Gasteiger charge is -2.20. The lowest BCUT2D eigenvalue weighted by atomic mass is 9.84. The zero-order chi connectivity index (χ0) is 17.8. The molecule has 1 aliphatic rings. The van der Waals surface area contributed by atoms with Crippen molar-refractivity contribution in [3.8, 4) is 0 Å². The molecule has 2 N–H and O–H groups in total. The highest BCUT2D eigenvalue weighted by atomic mass is 16.4. The third-order valence-corrected chi connectivity index (χ3v) is 4.91. The lowest BCUT2D eigenvalue weighted by molar-refractivity contribution is -0.143. The molecule has 0 amide bonds. The fourth-order valence-electron chi connectivity index (χ4n) is 3.64. The molecule has 0 radical (unpaired) electrons. The molecule has 0 aromatic carbocycles. The Labute approximate surface area is 145 Å². The first kappa shape index (κ1) is 20.5. The topological polar surface area (TPSA) is 74.6 Å². The van der Waals surface area contributed by atoms with E-state index < -0.39 is 11.9 Å². The zero-order valence-electron chi connectivity index (χ0n) is 14.8. The van der Waals surface area contributed by atoms with Crippen LogP contribution in [0.4, 0.5) is 0 Å². The van der Waals surface area contributed by atoms with Gasteiger partial charge in [0.05, 0.1) is 5.92 Å². The number of unbranched alkanes of at least 4 members (excludes halogenated alkanes) is 3. The highest BCUT2D eigenvalue weighted by Crippen LogP contribution is 2.41. The van der Waals surface area contributed by atoms with Crippen molar-refractivity contribution in [2.75, 3.05) is 0 Å². The molecule has 3 atom stereocenters. The van der Waals surface area contributed by atoms with Crippen LogP contribution in [0.5, 0.6) is 0 Å². The largest absolute Gasteiger partial charge is 0.481 e.